The molecule has 0 aliphatic carbocycles. The summed E-state index contributed by atoms with van der Waals surface area (Å²) in [7, 11) is -1.52. The number of likely N-dealkylation sites (N-methyl/N-ethyl adjacent to an activating group) is 1. The number of carbonyl (C=O) groups excluding carboxylic acids is 2. The van der Waals surface area contributed by atoms with E-state index in [1.807, 2.05) is 12.1 Å². The molecule has 0 spiro atoms. The van der Waals surface area contributed by atoms with Crippen LogP contribution in [0.3, 0.4) is 0 Å². The Morgan fingerprint density at radius 1 is 1.19 bits per heavy atom. The maximum absolute atomic E-state index is 12.7. The molecule has 0 aliphatic rings. The number of methoxy groups -OCH3 is 1. The van der Waals surface area contributed by atoms with Gasteiger partial charge in [-0.25, -0.2) is 13.2 Å². The summed E-state index contributed by atoms with van der Waals surface area (Å²) in [6.07, 6.45) is 0. The third kappa shape index (κ3) is 4.37. The van der Waals surface area contributed by atoms with Gasteiger partial charge in [-0.1, -0.05) is 30.3 Å². The summed E-state index contributed by atoms with van der Waals surface area (Å²) in [5.74, 6) is -1.55. The molecule has 0 aromatic heterocycles. The Kier molecular flexibility index (Phi) is 6.30. The van der Waals surface area contributed by atoms with Crippen LogP contribution in [0.2, 0.25) is 0 Å². The van der Waals surface area contributed by atoms with Crippen molar-refractivity contribution in [2.45, 2.75) is 10.9 Å². The van der Waals surface area contributed by atoms with Gasteiger partial charge in [0.1, 0.15) is 0 Å². The van der Waals surface area contributed by atoms with E-state index in [-0.39, 0.29) is 4.90 Å². The third-order valence-electron chi connectivity index (χ3n) is 3.80. The topological polar surface area (TPSA) is 113 Å². The SMILES string of the molecule is COC(=O)[C@@H](CO)NC(=O)CN(C)S(=O)(=O)c1ccc2ccccc2c1. The number of fused-ring (bicyclic) bond motifs is 1. The Bertz CT molecular complexity index is 912. The lowest BCUT2D eigenvalue weighted by Gasteiger charge is -2.19. The number of hydrogen-bond acceptors (Lipinski definition) is 6. The second-order valence-electron chi connectivity index (χ2n) is 5.60. The first-order valence-corrected chi connectivity index (χ1v) is 9.16. The molecule has 26 heavy (non-hydrogen) atoms. The van der Waals surface area contributed by atoms with E-state index in [0.29, 0.717) is 0 Å². The number of hydrogen-bond donors (Lipinski definition) is 2. The van der Waals surface area contributed by atoms with Gasteiger partial charge in [-0.05, 0) is 22.9 Å². The van der Waals surface area contributed by atoms with Crippen molar-refractivity contribution < 1.29 is 27.9 Å². The summed E-state index contributed by atoms with van der Waals surface area (Å²) in [6, 6.07) is 10.8. The molecule has 0 saturated heterocycles. The van der Waals surface area contributed by atoms with Gasteiger partial charge in [0.05, 0.1) is 25.2 Å². The molecular formula is C17H20N2O6S. The number of ether oxygens (including phenoxy) is 1. The highest BCUT2D eigenvalue weighted by molar-refractivity contribution is 7.89. The molecule has 2 rings (SSSR count). The van der Waals surface area contributed by atoms with E-state index in [4.69, 9.17) is 5.11 Å². The van der Waals surface area contributed by atoms with Gasteiger partial charge in [0, 0.05) is 7.05 Å². The Labute approximate surface area is 151 Å². The predicted octanol–water partition coefficient (Wildman–Crippen LogP) is 0.110. The van der Waals surface area contributed by atoms with Crippen LogP contribution in [0.1, 0.15) is 0 Å². The van der Waals surface area contributed by atoms with Crippen LogP contribution in [0.4, 0.5) is 0 Å². The zero-order valence-electron chi connectivity index (χ0n) is 14.4. The number of rotatable bonds is 7. The Morgan fingerprint density at radius 2 is 1.85 bits per heavy atom. The first kappa shape index (κ1) is 19.8. The minimum atomic E-state index is -3.90. The number of amides is 1. The molecule has 0 bridgehead atoms. The van der Waals surface area contributed by atoms with Gasteiger partial charge >= 0.3 is 5.97 Å². The molecule has 2 N–H and O–H groups in total. The number of carbonyl (C=O) groups is 2. The summed E-state index contributed by atoms with van der Waals surface area (Å²) in [5, 5.41) is 13.0. The number of nitrogens with one attached hydrogen (secondary N) is 1. The zero-order chi connectivity index (χ0) is 19.3. The molecule has 0 aliphatic heterocycles. The van der Waals surface area contributed by atoms with Crippen molar-refractivity contribution in [1.82, 2.24) is 9.62 Å². The summed E-state index contributed by atoms with van der Waals surface area (Å²) in [6.45, 7) is -1.16. The number of aliphatic hydroxyl groups is 1. The molecule has 0 unspecified atom stereocenters. The first-order chi connectivity index (χ1) is 12.3. The van der Waals surface area contributed by atoms with Gasteiger partial charge in [0.15, 0.2) is 6.04 Å². The van der Waals surface area contributed by atoms with Crippen LogP contribution >= 0.6 is 0 Å². The fourth-order valence-corrected chi connectivity index (χ4v) is 3.52. The highest BCUT2D eigenvalue weighted by atomic mass is 32.2. The fourth-order valence-electron chi connectivity index (χ4n) is 2.36. The Morgan fingerprint density at radius 3 is 2.46 bits per heavy atom. The normalized spacial score (nSPS) is 12.8. The molecular weight excluding hydrogens is 360 g/mol. The van der Waals surface area contributed by atoms with E-state index in [0.717, 1.165) is 22.2 Å². The molecule has 2 aromatic carbocycles. The number of benzene rings is 2. The number of nitrogens with zero attached hydrogens (tertiary/aromatic N) is 1. The quantitative estimate of drug-likeness (QED) is 0.659. The first-order valence-electron chi connectivity index (χ1n) is 7.72. The van der Waals surface area contributed by atoms with Gasteiger partial charge in [-0.2, -0.15) is 4.31 Å². The van der Waals surface area contributed by atoms with Crippen LogP contribution in [0, 0.1) is 0 Å². The smallest absolute Gasteiger partial charge is 0.330 e. The summed E-state index contributed by atoms with van der Waals surface area (Å²) in [5.41, 5.74) is 0. The highest BCUT2D eigenvalue weighted by Gasteiger charge is 2.26. The Hall–Kier alpha value is -2.49. The van der Waals surface area contributed by atoms with E-state index in [1.165, 1.54) is 19.2 Å². The van der Waals surface area contributed by atoms with Crippen molar-refractivity contribution >= 4 is 32.7 Å². The van der Waals surface area contributed by atoms with Crippen molar-refractivity contribution in [3.63, 3.8) is 0 Å². The molecule has 2 aromatic rings. The van der Waals surface area contributed by atoms with E-state index in [2.05, 4.69) is 10.1 Å². The minimum absolute atomic E-state index is 0.0539. The number of aliphatic hydroxyl groups excluding tert-OH is 1. The van der Waals surface area contributed by atoms with Crippen LogP contribution in [-0.4, -0.2) is 63.1 Å². The van der Waals surface area contributed by atoms with Crippen LogP contribution < -0.4 is 5.32 Å². The maximum atomic E-state index is 12.7. The molecule has 9 heteroatoms. The van der Waals surface area contributed by atoms with Crippen LogP contribution in [0.5, 0.6) is 0 Å². The molecule has 0 saturated carbocycles. The van der Waals surface area contributed by atoms with Gasteiger partial charge in [0.2, 0.25) is 15.9 Å². The molecule has 140 valence electrons. The molecule has 1 atom stereocenters. The number of esters is 1. The molecule has 0 radical (unpaired) electrons. The van der Waals surface area contributed by atoms with E-state index in [9.17, 15) is 18.0 Å². The van der Waals surface area contributed by atoms with Gasteiger partial charge in [-0.3, -0.25) is 4.79 Å². The fraction of sp³-hybridized carbons (Fsp3) is 0.294. The highest BCUT2D eigenvalue weighted by Crippen LogP contribution is 2.21. The van der Waals surface area contributed by atoms with E-state index in [1.54, 1.807) is 18.2 Å². The van der Waals surface area contributed by atoms with Crippen molar-refractivity contribution in [1.29, 1.82) is 0 Å². The molecule has 0 fully saturated rings. The number of sulfonamides is 1. The van der Waals surface area contributed by atoms with Gasteiger partial charge in [0.25, 0.3) is 0 Å². The summed E-state index contributed by atoms with van der Waals surface area (Å²) < 4.78 is 30.6. The standard InChI is InChI=1S/C17H20N2O6S/c1-19(10-16(21)18-15(11-20)17(22)25-2)26(23,24)14-8-7-12-5-3-4-6-13(12)9-14/h3-9,15,20H,10-11H2,1-2H3,(H,18,21)/t15-/m1/s1. The van der Waals surface area contributed by atoms with E-state index < -0.39 is 41.1 Å². The lowest BCUT2D eigenvalue weighted by atomic mass is 10.1. The minimum Gasteiger partial charge on any atom is -0.467 e. The summed E-state index contributed by atoms with van der Waals surface area (Å²) in [4.78, 5) is 23.4. The lowest BCUT2D eigenvalue weighted by molar-refractivity contribution is -0.146. The van der Waals surface area contributed by atoms with Crippen molar-refractivity contribution in [2.24, 2.45) is 0 Å². The molecule has 8 nitrogen and oxygen atoms in total. The van der Waals surface area contributed by atoms with Crippen molar-refractivity contribution in [2.75, 3.05) is 27.3 Å². The lowest BCUT2D eigenvalue weighted by Crippen LogP contribution is -2.48. The van der Waals surface area contributed by atoms with Crippen LogP contribution in [-0.2, 0) is 24.3 Å². The second-order valence-corrected chi connectivity index (χ2v) is 7.64. The average Bonchev–Trinajstić information content (AvgIpc) is 2.64. The third-order valence-corrected chi connectivity index (χ3v) is 5.60. The largest absolute Gasteiger partial charge is 0.467 e. The summed E-state index contributed by atoms with van der Waals surface area (Å²) >= 11 is 0. The monoisotopic (exact) mass is 380 g/mol. The zero-order valence-corrected chi connectivity index (χ0v) is 15.2. The van der Waals surface area contributed by atoms with E-state index >= 15 is 0 Å². The van der Waals surface area contributed by atoms with Crippen LogP contribution in [0.25, 0.3) is 10.8 Å². The van der Waals surface area contributed by atoms with Crippen molar-refractivity contribution in [3.8, 4) is 0 Å². The van der Waals surface area contributed by atoms with Crippen LogP contribution in [0.15, 0.2) is 47.4 Å². The van der Waals surface area contributed by atoms with Gasteiger partial charge < -0.3 is 15.2 Å². The average molecular weight is 380 g/mol. The van der Waals surface area contributed by atoms with Gasteiger partial charge in [-0.15, -0.1) is 0 Å². The van der Waals surface area contributed by atoms with Crippen molar-refractivity contribution in [3.05, 3.63) is 42.5 Å². The Balaban J connectivity index is 2.14. The molecule has 1 amide bonds. The molecule has 0 heterocycles. The maximum Gasteiger partial charge on any atom is 0.330 e. The predicted molar refractivity (Wildman–Crippen MR) is 94.8 cm³/mol. The second kappa shape index (κ2) is 8.26.